The maximum absolute atomic E-state index is 11.5. The molecular formula is C20H30N2O. The van der Waals surface area contributed by atoms with Gasteiger partial charge in [-0.25, -0.2) is 0 Å². The summed E-state index contributed by atoms with van der Waals surface area (Å²) in [5, 5.41) is 3.06. The molecule has 0 saturated heterocycles. The molecule has 0 saturated carbocycles. The first-order valence-corrected chi connectivity index (χ1v) is 8.39. The van der Waals surface area contributed by atoms with Crippen LogP contribution in [-0.2, 0) is 4.79 Å². The normalized spacial score (nSPS) is 14.2. The minimum atomic E-state index is -0.123. The highest BCUT2D eigenvalue weighted by Crippen LogP contribution is 2.16. The van der Waals surface area contributed by atoms with Crippen LogP contribution in [-0.4, -0.2) is 24.6 Å². The molecule has 0 unspecified atom stereocenters. The molecule has 1 N–H and O–H groups in total. The van der Waals surface area contributed by atoms with Gasteiger partial charge in [0, 0.05) is 11.9 Å². The largest absolute Gasteiger partial charge is 0.310 e. The quantitative estimate of drug-likeness (QED) is 0.719. The van der Waals surface area contributed by atoms with Gasteiger partial charge in [0.05, 0.1) is 6.04 Å². The van der Waals surface area contributed by atoms with Crippen LogP contribution >= 0.6 is 0 Å². The van der Waals surface area contributed by atoms with E-state index in [1.165, 1.54) is 11.1 Å². The average molecular weight is 314 g/mol. The van der Waals surface area contributed by atoms with Gasteiger partial charge in [0.1, 0.15) is 5.78 Å². The van der Waals surface area contributed by atoms with Gasteiger partial charge in [0.25, 0.3) is 0 Å². The molecule has 126 valence electrons. The zero-order valence-corrected chi connectivity index (χ0v) is 15.3. The molecule has 0 aromatic heterocycles. The molecule has 1 atom stereocenters. The molecule has 0 heterocycles. The first-order valence-electron chi connectivity index (χ1n) is 8.39. The van der Waals surface area contributed by atoms with E-state index in [-0.39, 0.29) is 11.8 Å². The maximum atomic E-state index is 11.5. The Morgan fingerprint density at radius 2 is 1.83 bits per heavy atom. The predicted molar refractivity (Wildman–Crippen MR) is 99.3 cm³/mol. The van der Waals surface area contributed by atoms with Gasteiger partial charge in [-0.05, 0) is 50.8 Å². The van der Waals surface area contributed by atoms with Crippen molar-refractivity contribution in [2.75, 3.05) is 7.05 Å². The fraction of sp³-hybridized carbons (Fsp3) is 0.500. The van der Waals surface area contributed by atoms with Crippen molar-refractivity contribution in [3.63, 3.8) is 0 Å². The summed E-state index contributed by atoms with van der Waals surface area (Å²) in [7, 11) is 1.82. The molecule has 23 heavy (non-hydrogen) atoms. The van der Waals surface area contributed by atoms with Crippen molar-refractivity contribution in [3.8, 4) is 0 Å². The number of Topliss-reactive ketones (excluding diaryl/α,β-unsaturated/α-hetero) is 1. The van der Waals surface area contributed by atoms with Gasteiger partial charge < -0.3 is 5.32 Å². The van der Waals surface area contributed by atoms with Crippen LogP contribution in [0, 0.1) is 0 Å². The van der Waals surface area contributed by atoms with Crippen LogP contribution in [0.4, 0.5) is 0 Å². The molecule has 0 fully saturated rings. The molecule has 1 aromatic carbocycles. The molecule has 0 amide bonds. The highest BCUT2D eigenvalue weighted by Gasteiger charge is 2.12. The van der Waals surface area contributed by atoms with Gasteiger partial charge in [-0.2, -0.15) is 0 Å². The van der Waals surface area contributed by atoms with Gasteiger partial charge in [0.15, 0.2) is 0 Å². The summed E-state index contributed by atoms with van der Waals surface area (Å²) in [5.41, 5.74) is 4.65. The van der Waals surface area contributed by atoms with Crippen molar-refractivity contribution in [3.05, 3.63) is 47.2 Å². The zero-order chi connectivity index (χ0) is 17.4. The van der Waals surface area contributed by atoms with E-state index in [1.807, 2.05) is 20.2 Å². The van der Waals surface area contributed by atoms with Crippen molar-refractivity contribution in [1.29, 1.82) is 0 Å². The van der Waals surface area contributed by atoms with Gasteiger partial charge in [0.2, 0.25) is 0 Å². The van der Waals surface area contributed by atoms with E-state index in [4.69, 9.17) is 0 Å². The summed E-state index contributed by atoms with van der Waals surface area (Å²) in [6, 6.07) is 8.45. The molecule has 0 radical (unpaired) electrons. The van der Waals surface area contributed by atoms with Crippen molar-refractivity contribution in [1.82, 2.24) is 5.32 Å². The Morgan fingerprint density at radius 1 is 1.22 bits per heavy atom. The first-order chi connectivity index (χ1) is 10.9. The lowest BCUT2D eigenvalue weighted by Crippen LogP contribution is -2.32. The van der Waals surface area contributed by atoms with Gasteiger partial charge in [-0.1, -0.05) is 50.6 Å². The number of nitrogens with one attached hydrogen (secondary N) is 1. The lowest BCUT2D eigenvalue weighted by molar-refractivity contribution is -0.118. The van der Waals surface area contributed by atoms with Crippen LogP contribution in [0.1, 0.15) is 64.5 Å². The minimum Gasteiger partial charge on any atom is -0.310 e. The Bertz CT molecular complexity index is 568. The van der Waals surface area contributed by atoms with E-state index in [0.717, 1.165) is 17.7 Å². The third kappa shape index (κ3) is 6.11. The lowest BCUT2D eigenvalue weighted by atomic mass is 10.0. The van der Waals surface area contributed by atoms with Crippen LogP contribution in [0.5, 0.6) is 0 Å². The van der Waals surface area contributed by atoms with Crippen molar-refractivity contribution in [2.45, 2.75) is 59.4 Å². The molecule has 1 aromatic rings. The molecule has 3 heteroatoms. The second kappa shape index (κ2) is 9.41. The molecule has 3 nitrogen and oxygen atoms in total. The molecule has 0 aliphatic carbocycles. The Morgan fingerprint density at radius 3 is 2.26 bits per heavy atom. The highest BCUT2D eigenvalue weighted by molar-refractivity contribution is 5.99. The van der Waals surface area contributed by atoms with E-state index in [0.29, 0.717) is 12.3 Å². The third-order valence-corrected chi connectivity index (χ3v) is 4.20. The van der Waals surface area contributed by atoms with E-state index >= 15 is 0 Å². The number of nitrogens with zero attached hydrogens (tertiary/aromatic N) is 1. The summed E-state index contributed by atoms with van der Waals surface area (Å²) in [5.74, 6) is 0.703. The predicted octanol–water partition coefficient (Wildman–Crippen LogP) is 4.48. The Hall–Kier alpha value is -1.74. The minimum absolute atomic E-state index is 0.123. The smallest absolute Gasteiger partial charge is 0.146 e. The van der Waals surface area contributed by atoms with E-state index < -0.39 is 0 Å². The van der Waals surface area contributed by atoms with Crippen LogP contribution in [0.15, 0.2) is 41.0 Å². The van der Waals surface area contributed by atoms with Crippen molar-refractivity contribution < 1.29 is 4.79 Å². The maximum Gasteiger partial charge on any atom is 0.146 e. The van der Waals surface area contributed by atoms with Crippen LogP contribution in [0.2, 0.25) is 0 Å². The number of rotatable bonds is 8. The fourth-order valence-electron chi connectivity index (χ4n) is 2.37. The number of carbonyl (C=O) groups is 1. The number of hydrogen-bond acceptors (Lipinski definition) is 3. The summed E-state index contributed by atoms with van der Waals surface area (Å²) in [4.78, 5) is 16.1. The summed E-state index contributed by atoms with van der Waals surface area (Å²) < 4.78 is 0. The number of likely N-dealkylation sites (N-methyl/N-ethyl adjacent to an activating group) is 1. The monoisotopic (exact) mass is 314 g/mol. The Labute approximate surface area is 140 Å². The Balaban J connectivity index is 2.87. The molecule has 0 aliphatic heterocycles. The number of ketones is 1. The average Bonchev–Trinajstić information content (AvgIpc) is 2.54. The van der Waals surface area contributed by atoms with Crippen LogP contribution in [0.3, 0.4) is 0 Å². The van der Waals surface area contributed by atoms with Gasteiger partial charge in [-0.3, -0.25) is 9.79 Å². The molecular weight excluding hydrogens is 284 g/mol. The number of hydrogen-bond donors (Lipinski definition) is 1. The molecule has 1 rings (SSSR count). The number of benzene rings is 1. The van der Waals surface area contributed by atoms with E-state index in [9.17, 15) is 4.79 Å². The summed E-state index contributed by atoms with van der Waals surface area (Å²) in [6.45, 7) is 10.1. The van der Waals surface area contributed by atoms with Crippen LogP contribution in [0.25, 0.3) is 0 Å². The van der Waals surface area contributed by atoms with Crippen LogP contribution < -0.4 is 5.32 Å². The van der Waals surface area contributed by atoms with E-state index in [1.54, 1.807) is 6.92 Å². The molecule has 0 aliphatic rings. The van der Waals surface area contributed by atoms with Crippen molar-refractivity contribution in [2.24, 2.45) is 4.99 Å². The lowest BCUT2D eigenvalue weighted by Gasteiger charge is -2.13. The third-order valence-electron chi connectivity index (χ3n) is 4.20. The fourth-order valence-corrected chi connectivity index (χ4v) is 2.37. The molecule has 0 bridgehead atoms. The summed E-state index contributed by atoms with van der Waals surface area (Å²) >= 11 is 0. The highest BCUT2D eigenvalue weighted by atomic mass is 16.1. The Kier molecular flexibility index (Phi) is 7.90. The standard InChI is InChI=1S/C20H30N2O/c1-7-17(12-20(21-6)16(5)23)13-22-15(4)19-10-8-18(9-11-19)14(2)3/h8-11,13-14,20-21H,7,12H2,1-6H3/b17-13+,22-15?/t20-/m0/s1. The summed E-state index contributed by atoms with van der Waals surface area (Å²) in [6.07, 6.45) is 3.53. The second-order valence-electron chi connectivity index (χ2n) is 6.29. The van der Waals surface area contributed by atoms with Gasteiger partial charge in [-0.15, -0.1) is 0 Å². The number of carbonyl (C=O) groups excluding carboxylic acids is 1. The van der Waals surface area contributed by atoms with E-state index in [2.05, 4.69) is 55.3 Å². The topological polar surface area (TPSA) is 41.5 Å². The molecule has 0 spiro atoms. The SMILES string of the molecule is CC/C(=C\N=C(C)c1ccc(C(C)C)cc1)C[C@H](NC)C(C)=O. The second-order valence-corrected chi connectivity index (χ2v) is 6.29. The first kappa shape index (κ1) is 19.3. The zero-order valence-electron chi connectivity index (χ0n) is 15.3. The number of aliphatic imine (C=N–C) groups is 1. The van der Waals surface area contributed by atoms with Gasteiger partial charge >= 0.3 is 0 Å². The van der Waals surface area contributed by atoms with Crippen molar-refractivity contribution >= 4 is 11.5 Å².